The summed E-state index contributed by atoms with van der Waals surface area (Å²) >= 11 is 0. The standard InChI is InChI=1S/C17H17N3/c1-12-6-7-14(10-20-12)17(18-2)15-5-3-4-13-8-9-19-11-16(13)15/h3-11,17-18H,1-2H3. The summed E-state index contributed by atoms with van der Waals surface area (Å²) in [6.45, 7) is 2.00. The first kappa shape index (κ1) is 12.8. The molecule has 0 amide bonds. The van der Waals surface area contributed by atoms with Gasteiger partial charge >= 0.3 is 0 Å². The second kappa shape index (κ2) is 5.39. The second-order valence-electron chi connectivity index (χ2n) is 4.90. The average molecular weight is 263 g/mol. The molecular weight excluding hydrogens is 246 g/mol. The number of fused-ring (bicyclic) bond motifs is 1. The first-order valence-electron chi connectivity index (χ1n) is 6.72. The lowest BCUT2D eigenvalue weighted by Gasteiger charge is -2.19. The molecule has 0 aliphatic rings. The van der Waals surface area contributed by atoms with Crippen molar-refractivity contribution in [2.24, 2.45) is 0 Å². The van der Waals surface area contributed by atoms with Crippen molar-refractivity contribution in [1.82, 2.24) is 15.3 Å². The first-order valence-corrected chi connectivity index (χ1v) is 6.72. The molecular formula is C17H17N3. The van der Waals surface area contributed by atoms with Gasteiger partial charge in [-0.15, -0.1) is 0 Å². The highest BCUT2D eigenvalue weighted by Gasteiger charge is 2.14. The van der Waals surface area contributed by atoms with E-state index >= 15 is 0 Å². The van der Waals surface area contributed by atoms with Crippen molar-refractivity contribution in [3.8, 4) is 0 Å². The lowest BCUT2D eigenvalue weighted by atomic mass is 9.95. The molecule has 1 N–H and O–H groups in total. The molecule has 0 radical (unpaired) electrons. The summed E-state index contributed by atoms with van der Waals surface area (Å²) in [5.74, 6) is 0. The molecule has 0 bridgehead atoms. The number of rotatable bonds is 3. The van der Waals surface area contributed by atoms with Crippen molar-refractivity contribution in [3.05, 3.63) is 71.8 Å². The van der Waals surface area contributed by atoms with Gasteiger partial charge in [-0.05, 0) is 42.6 Å². The lowest BCUT2D eigenvalue weighted by molar-refractivity contribution is 0.693. The number of hydrogen-bond acceptors (Lipinski definition) is 3. The van der Waals surface area contributed by atoms with Crippen LogP contribution in [0.2, 0.25) is 0 Å². The maximum Gasteiger partial charge on any atom is 0.0596 e. The Kier molecular flexibility index (Phi) is 3.44. The predicted molar refractivity (Wildman–Crippen MR) is 81.6 cm³/mol. The Bertz CT molecular complexity index is 714. The van der Waals surface area contributed by atoms with E-state index in [-0.39, 0.29) is 6.04 Å². The van der Waals surface area contributed by atoms with Crippen LogP contribution in [0.4, 0.5) is 0 Å². The largest absolute Gasteiger partial charge is 0.309 e. The Labute approximate surface area is 118 Å². The topological polar surface area (TPSA) is 37.8 Å². The summed E-state index contributed by atoms with van der Waals surface area (Å²) < 4.78 is 0. The molecule has 1 aromatic carbocycles. The Morgan fingerprint density at radius 2 is 1.95 bits per heavy atom. The Balaban J connectivity index is 2.14. The molecule has 0 fully saturated rings. The highest BCUT2D eigenvalue weighted by molar-refractivity contribution is 5.85. The molecule has 20 heavy (non-hydrogen) atoms. The van der Waals surface area contributed by atoms with Crippen molar-refractivity contribution in [1.29, 1.82) is 0 Å². The molecule has 0 spiro atoms. The van der Waals surface area contributed by atoms with Gasteiger partial charge in [0.2, 0.25) is 0 Å². The van der Waals surface area contributed by atoms with Crippen LogP contribution in [0.3, 0.4) is 0 Å². The Hall–Kier alpha value is -2.26. The van der Waals surface area contributed by atoms with Crippen LogP contribution < -0.4 is 5.32 Å². The van der Waals surface area contributed by atoms with Crippen LogP contribution in [0.5, 0.6) is 0 Å². The molecule has 3 nitrogen and oxygen atoms in total. The van der Waals surface area contributed by atoms with Crippen LogP contribution in [-0.2, 0) is 0 Å². The number of hydrogen-bond donors (Lipinski definition) is 1. The number of pyridine rings is 2. The van der Waals surface area contributed by atoms with Crippen LogP contribution in [0.25, 0.3) is 10.8 Å². The van der Waals surface area contributed by atoms with Crippen molar-refractivity contribution in [2.45, 2.75) is 13.0 Å². The smallest absolute Gasteiger partial charge is 0.0596 e. The molecule has 3 aromatic rings. The highest BCUT2D eigenvalue weighted by atomic mass is 14.9. The van der Waals surface area contributed by atoms with E-state index in [1.54, 1.807) is 0 Å². The summed E-state index contributed by atoms with van der Waals surface area (Å²) in [5, 5.41) is 5.76. The minimum absolute atomic E-state index is 0.121. The summed E-state index contributed by atoms with van der Waals surface area (Å²) in [6, 6.07) is 12.7. The van der Waals surface area contributed by atoms with Crippen molar-refractivity contribution in [2.75, 3.05) is 7.05 Å². The van der Waals surface area contributed by atoms with E-state index < -0.39 is 0 Å². The number of benzene rings is 1. The molecule has 2 heterocycles. The van der Waals surface area contributed by atoms with E-state index in [0.717, 1.165) is 11.3 Å². The van der Waals surface area contributed by atoms with E-state index in [0.29, 0.717) is 0 Å². The summed E-state index contributed by atoms with van der Waals surface area (Å²) in [6.07, 6.45) is 5.69. The van der Waals surface area contributed by atoms with Crippen molar-refractivity contribution >= 4 is 10.8 Å². The van der Waals surface area contributed by atoms with E-state index in [4.69, 9.17) is 0 Å². The average Bonchev–Trinajstić information content (AvgIpc) is 2.50. The highest BCUT2D eigenvalue weighted by Crippen LogP contribution is 2.27. The van der Waals surface area contributed by atoms with Crippen LogP contribution >= 0.6 is 0 Å². The Morgan fingerprint density at radius 1 is 1.05 bits per heavy atom. The van der Waals surface area contributed by atoms with E-state index in [1.807, 2.05) is 44.7 Å². The molecule has 0 saturated heterocycles. The number of nitrogens with zero attached hydrogens (tertiary/aromatic N) is 2. The monoisotopic (exact) mass is 263 g/mol. The zero-order chi connectivity index (χ0) is 13.9. The van der Waals surface area contributed by atoms with Crippen LogP contribution in [-0.4, -0.2) is 17.0 Å². The summed E-state index contributed by atoms with van der Waals surface area (Å²) in [7, 11) is 1.97. The normalized spacial score (nSPS) is 12.5. The Morgan fingerprint density at radius 3 is 2.70 bits per heavy atom. The van der Waals surface area contributed by atoms with Gasteiger partial charge in [0.25, 0.3) is 0 Å². The number of aryl methyl sites for hydroxylation is 1. The number of aromatic nitrogens is 2. The summed E-state index contributed by atoms with van der Waals surface area (Å²) in [5.41, 5.74) is 3.42. The van der Waals surface area contributed by atoms with Gasteiger partial charge in [-0.2, -0.15) is 0 Å². The third-order valence-corrected chi connectivity index (χ3v) is 3.58. The van der Waals surface area contributed by atoms with Gasteiger partial charge in [-0.25, -0.2) is 0 Å². The van der Waals surface area contributed by atoms with Gasteiger partial charge in [-0.1, -0.05) is 24.3 Å². The fourth-order valence-electron chi connectivity index (χ4n) is 2.54. The fraction of sp³-hybridized carbons (Fsp3) is 0.176. The molecule has 0 aliphatic heterocycles. The van der Waals surface area contributed by atoms with Gasteiger partial charge < -0.3 is 5.32 Å². The van der Waals surface area contributed by atoms with E-state index in [9.17, 15) is 0 Å². The zero-order valence-electron chi connectivity index (χ0n) is 11.7. The minimum Gasteiger partial charge on any atom is -0.309 e. The van der Waals surface area contributed by atoms with Crippen LogP contribution in [0.15, 0.2) is 55.0 Å². The van der Waals surface area contributed by atoms with Crippen LogP contribution in [0, 0.1) is 6.92 Å². The molecule has 3 heteroatoms. The van der Waals surface area contributed by atoms with E-state index in [2.05, 4.69) is 39.6 Å². The van der Waals surface area contributed by atoms with Gasteiger partial charge in [0.15, 0.2) is 0 Å². The molecule has 0 aliphatic carbocycles. The van der Waals surface area contributed by atoms with Crippen molar-refractivity contribution < 1.29 is 0 Å². The SMILES string of the molecule is CNC(c1ccc(C)nc1)c1cccc2ccncc12. The maximum absolute atomic E-state index is 4.40. The quantitative estimate of drug-likeness (QED) is 0.788. The predicted octanol–water partition coefficient (Wildman–Crippen LogP) is 3.25. The van der Waals surface area contributed by atoms with Gasteiger partial charge in [0.05, 0.1) is 6.04 Å². The molecule has 1 atom stereocenters. The first-order chi connectivity index (χ1) is 9.79. The van der Waals surface area contributed by atoms with Crippen molar-refractivity contribution in [3.63, 3.8) is 0 Å². The van der Waals surface area contributed by atoms with Gasteiger partial charge in [-0.3, -0.25) is 9.97 Å². The van der Waals surface area contributed by atoms with Gasteiger partial charge in [0.1, 0.15) is 0 Å². The third kappa shape index (κ3) is 2.28. The molecule has 2 aromatic heterocycles. The lowest BCUT2D eigenvalue weighted by Crippen LogP contribution is -2.18. The molecule has 100 valence electrons. The molecule has 1 unspecified atom stereocenters. The molecule has 0 saturated carbocycles. The van der Waals surface area contributed by atoms with Crippen LogP contribution in [0.1, 0.15) is 22.9 Å². The maximum atomic E-state index is 4.40. The second-order valence-corrected chi connectivity index (χ2v) is 4.90. The third-order valence-electron chi connectivity index (χ3n) is 3.58. The minimum atomic E-state index is 0.121. The fourth-order valence-corrected chi connectivity index (χ4v) is 2.54. The number of nitrogens with one attached hydrogen (secondary N) is 1. The van der Waals surface area contributed by atoms with Gasteiger partial charge in [0, 0.05) is 29.7 Å². The summed E-state index contributed by atoms with van der Waals surface area (Å²) in [4.78, 5) is 8.65. The zero-order valence-corrected chi connectivity index (χ0v) is 11.7. The van der Waals surface area contributed by atoms with E-state index in [1.165, 1.54) is 16.3 Å². The molecule has 3 rings (SSSR count).